The second-order valence-corrected chi connectivity index (χ2v) is 2.54. The topological polar surface area (TPSA) is 12.4 Å². The summed E-state index contributed by atoms with van der Waals surface area (Å²) in [5.41, 5.74) is 1.23. The Labute approximate surface area is 70.2 Å². The molecule has 0 aliphatic carbocycles. The molecule has 0 rings (SSSR count). The Bertz CT molecular complexity index is 134. The molecule has 0 bridgehead atoms. The molecule has 0 aliphatic heterocycles. The van der Waals surface area contributed by atoms with E-state index in [0.717, 1.165) is 25.8 Å². The van der Waals surface area contributed by atoms with Crippen molar-refractivity contribution in [1.82, 2.24) is 0 Å². The van der Waals surface area contributed by atoms with Gasteiger partial charge in [0.2, 0.25) is 0 Å². The van der Waals surface area contributed by atoms with E-state index in [2.05, 4.69) is 37.9 Å². The highest BCUT2D eigenvalue weighted by atomic mass is 14.7. The van der Waals surface area contributed by atoms with E-state index in [1.54, 1.807) is 0 Å². The highest BCUT2D eigenvalue weighted by Gasteiger charge is 1.86. The lowest BCUT2D eigenvalue weighted by Gasteiger charge is -1.94. The molecule has 0 saturated carbocycles. The van der Waals surface area contributed by atoms with Gasteiger partial charge in [0.25, 0.3) is 0 Å². The molecule has 0 aromatic heterocycles. The van der Waals surface area contributed by atoms with E-state index < -0.39 is 0 Å². The van der Waals surface area contributed by atoms with Crippen molar-refractivity contribution in [2.75, 3.05) is 6.54 Å². The first-order valence-electron chi connectivity index (χ1n) is 4.54. The molecule has 0 aromatic rings. The molecule has 0 amide bonds. The van der Waals surface area contributed by atoms with E-state index in [4.69, 9.17) is 0 Å². The minimum atomic E-state index is 0.969. The van der Waals surface area contributed by atoms with Gasteiger partial charge in [0.05, 0.1) is 0 Å². The van der Waals surface area contributed by atoms with Gasteiger partial charge in [-0.1, -0.05) is 26.8 Å². The van der Waals surface area contributed by atoms with Crippen LogP contribution in [0.2, 0.25) is 0 Å². The Hall–Kier alpha value is -0.590. The summed E-state index contributed by atoms with van der Waals surface area (Å²) in [5, 5.41) is 0. The van der Waals surface area contributed by atoms with Gasteiger partial charge in [0.15, 0.2) is 0 Å². The van der Waals surface area contributed by atoms with Crippen molar-refractivity contribution in [3.05, 3.63) is 12.2 Å². The lowest BCUT2D eigenvalue weighted by molar-refractivity contribution is 0.927. The summed E-state index contributed by atoms with van der Waals surface area (Å²) < 4.78 is 0. The molecule has 11 heavy (non-hydrogen) atoms. The van der Waals surface area contributed by atoms with E-state index >= 15 is 0 Å². The molecule has 1 heteroatoms. The van der Waals surface area contributed by atoms with Gasteiger partial charge in [-0.2, -0.15) is 0 Å². The predicted molar refractivity (Wildman–Crippen MR) is 52.3 cm³/mol. The number of nitrogens with zero attached hydrogens (tertiary/aromatic N) is 1. The second-order valence-electron chi connectivity index (χ2n) is 2.54. The summed E-state index contributed by atoms with van der Waals surface area (Å²) >= 11 is 0. The van der Waals surface area contributed by atoms with Crippen molar-refractivity contribution in [1.29, 1.82) is 0 Å². The van der Waals surface area contributed by atoms with Gasteiger partial charge in [0, 0.05) is 12.3 Å². The Kier molecular flexibility index (Phi) is 7.11. The van der Waals surface area contributed by atoms with E-state index in [1.165, 1.54) is 5.71 Å². The molecule has 0 radical (unpaired) electrons. The maximum Gasteiger partial charge on any atom is 0.0389 e. The highest BCUT2D eigenvalue weighted by Crippen LogP contribution is 1.92. The molecule has 0 fully saturated rings. The fraction of sp³-hybridized carbons (Fsp3) is 0.700. The zero-order valence-corrected chi connectivity index (χ0v) is 7.93. The third-order valence-electron chi connectivity index (χ3n) is 1.45. The first-order valence-corrected chi connectivity index (χ1v) is 4.54. The Balaban J connectivity index is 3.83. The molecule has 0 aromatic carbocycles. The number of allylic oxidation sites excluding steroid dienone is 2. The molecule has 0 atom stereocenters. The fourth-order valence-electron chi connectivity index (χ4n) is 0.792. The second kappa shape index (κ2) is 7.52. The van der Waals surface area contributed by atoms with Crippen LogP contribution in [-0.4, -0.2) is 12.3 Å². The first-order chi connectivity index (χ1) is 5.35. The Morgan fingerprint density at radius 3 is 2.45 bits per heavy atom. The maximum absolute atomic E-state index is 4.43. The molecule has 1 nitrogen and oxygen atoms in total. The summed E-state index contributed by atoms with van der Waals surface area (Å²) in [5.74, 6) is 0. The predicted octanol–water partition coefficient (Wildman–Crippen LogP) is 3.21. The molecule has 0 aliphatic rings. The number of rotatable bonds is 5. The average Bonchev–Trinajstić information content (AvgIpc) is 2.05. The van der Waals surface area contributed by atoms with Crippen LogP contribution in [0, 0.1) is 0 Å². The van der Waals surface area contributed by atoms with Crippen LogP contribution in [0.15, 0.2) is 17.1 Å². The van der Waals surface area contributed by atoms with Crippen LogP contribution in [0.25, 0.3) is 0 Å². The summed E-state index contributed by atoms with van der Waals surface area (Å²) in [7, 11) is 0. The minimum absolute atomic E-state index is 0.969. The Morgan fingerprint density at radius 2 is 2.00 bits per heavy atom. The van der Waals surface area contributed by atoms with Crippen molar-refractivity contribution in [2.24, 2.45) is 4.99 Å². The van der Waals surface area contributed by atoms with Gasteiger partial charge >= 0.3 is 0 Å². The molecule has 0 heterocycles. The largest absolute Gasteiger partial charge is 0.290 e. The Morgan fingerprint density at radius 1 is 1.27 bits per heavy atom. The monoisotopic (exact) mass is 153 g/mol. The van der Waals surface area contributed by atoms with Crippen molar-refractivity contribution in [2.45, 2.75) is 40.0 Å². The lowest BCUT2D eigenvalue weighted by Crippen LogP contribution is -1.92. The van der Waals surface area contributed by atoms with Crippen molar-refractivity contribution >= 4 is 5.71 Å². The third-order valence-corrected chi connectivity index (χ3v) is 1.45. The van der Waals surface area contributed by atoms with Crippen LogP contribution in [0.1, 0.15) is 40.0 Å². The number of hydrogen-bond donors (Lipinski definition) is 0. The van der Waals surface area contributed by atoms with E-state index in [1.807, 2.05) is 0 Å². The standard InChI is InChI=1S/C10H19N/c1-4-7-8-10(6-3)11-9-5-2/h7-8H,4-6,9H2,1-3H3. The van der Waals surface area contributed by atoms with Gasteiger partial charge < -0.3 is 0 Å². The SMILES string of the molecule is CCC=CC(CC)=NCCC. The molecule has 0 unspecified atom stereocenters. The smallest absolute Gasteiger partial charge is 0.0389 e. The van der Waals surface area contributed by atoms with Gasteiger partial charge in [-0.25, -0.2) is 0 Å². The quantitative estimate of drug-likeness (QED) is 0.538. The van der Waals surface area contributed by atoms with E-state index in [-0.39, 0.29) is 0 Å². The van der Waals surface area contributed by atoms with E-state index in [0.29, 0.717) is 0 Å². The highest BCUT2D eigenvalue weighted by molar-refractivity contribution is 5.94. The van der Waals surface area contributed by atoms with Crippen LogP contribution >= 0.6 is 0 Å². The zero-order chi connectivity index (χ0) is 8.53. The molecular weight excluding hydrogens is 134 g/mol. The van der Waals surface area contributed by atoms with Crippen LogP contribution < -0.4 is 0 Å². The van der Waals surface area contributed by atoms with Gasteiger partial charge in [-0.05, 0) is 25.3 Å². The van der Waals surface area contributed by atoms with Crippen molar-refractivity contribution in [3.63, 3.8) is 0 Å². The van der Waals surface area contributed by atoms with Crippen LogP contribution in [0.3, 0.4) is 0 Å². The number of hydrogen-bond acceptors (Lipinski definition) is 1. The minimum Gasteiger partial charge on any atom is -0.290 e. The third kappa shape index (κ3) is 5.84. The lowest BCUT2D eigenvalue weighted by atomic mass is 10.2. The molecule has 0 saturated heterocycles. The van der Waals surface area contributed by atoms with Gasteiger partial charge in [-0.3, -0.25) is 4.99 Å². The van der Waals surface area contributed by atoms with Gasteiger partial charge in [0.1, 0.15) is 0 Å². The van der Waals surface area contributed by atoms with E-state index in [9.17, 15) is 0 Å². The van der Waals surface area contributed by atoms with Crippen LogP contribution in [0.5, 0.6) is 0 Å². The van der Waals surface area contributed by atoms with Crippen molar-refractivity contribution in [3.8, 4) is 0 Å². The molecule has 64 valence electrons. The summed E-state index contributed by atoms with van der Waals surface area (Å²) in [6.07, 6.45) is 7.60. The fourth-order valence-corrected chi connectivity index (χ4v) is 0.792. The van der Waals surface area contributed by atoms with Gasteiger partial charge in [-0.15, -0.1) is 0 Å². The van der Waals surface area contributed by atoms with Crippen LogP contribution in [-0.2, 0) is 0 Å². The average molecular weight is 153 g/mol. The molecular formula is C10H19N. The molecule has 0 N–H and O–H groups in total. The summed E-state index contributed by atoms with van der Waals surface area (Å²) in [4.78, 5) is 4.43. The molecule has 0 spiro atoms. The maximum atomic E-state index is 4.43. The first kappa shape index (κ1) is 10.4. The normalized spacial score (nSPS) is 12.8. The zero-order valence-electron chi connectivity index (χ0n) is 7.93. The van der Waals surface area contributed by atoms with Crippen LogP contribution in [0.4, 0.5) is 0 Å². The number of aliphatic imine (C=N–C) groups is 1. The van der Waals surface area contributed by atoms with Crippen molar-refractivity contribution < 1.29 is 0 Å². The summed E-state index contributed by atoms with van der Waals surface area (Å²) in [6, 6.07) is 0. The summed E-state index contributed by atoms with van der Waals surface area (Å²) in [6.45, 7) is 7.41.